The van der Waals surface area contributed by atoms with Crippen LogP contribution in [0.15, 0.2) is 170 Å². The number of benzene rings is 8. The average Bonchev–Trinajstić information content (AvgIpc) is 1.60. The number of ether oxygens (including phenoxy) is 4. The van der Waals surface area contributed by atoms with E-state index in [0.717, 1.165) is 234 Å². The van der Waals surface area contributed by atoms with Crippen molar-refractivity contribution < 1.29 is 54.8 Å². The molecule has 8 aromatic carbocycles. The van der Waals surface area contributed by atoms with Crippen LogP contribution >= 0.6 is 0 Å². The van der Waals surface area contributed by atoms with Gasteiger partial charge in [-0.15, -0.1) is 0 Å². The predicted octanol–water partition coefficient (Wildman–Crippen LogP) is 18.3. The summed E-state index contributed by atoms with van der Waals surface area (Å²) in [4.78, 5) is 40.2. The number of H-pyrrole nitrogens is 2. The van der Waals surface area contributed by atoms with Crippen LogP contribution in [0.2, 0.25) is 0 Å². The molecule has 2 N–H and O–H groups in total. The molecule has 0 radical (unpaired) electrons. The maximum atomic E-state index is 6.78. The van der Waals surface area contributed by atoms with Crippen molar-refractivity contribution in [2.24, 2.45) is 0 Å². The zero-order chi connectivity index (χ0) is 82.6. The smallest absolute Gasteiger partial charge is 0.164 e. The van der Waals surface area contributed by atoms with Gasteiger partial charge in [0.05, 0.1) is 137 Å². The average molecular weight is 1570 g/mol. The highest BCUT2D eigenvalue weighted by molar-refractivity contribution is 6.07. The summed E-state index contributed by atoms with van der Waals surface area (Å²) in [7, 11) is 28.0. The largest absolute Gasteiger partial charge is 0.457 e. The lowest BCUT2D eigenvalue weighted by Crippen LogP contribution is -2.52. The van der Waals surface area contributed by atoms with Gasteiger partial charge < -0.3 is 64.8 Å². The number of rotatable bonds is 36. The predicted molar refractivity (Wildman–Crippen MR) is 473 cm³/mol. The first-order valence-corrected chi connectivity index (χ1v) is 42.3. The van der Waals surface area contributed by atoms with E-state index in [1.807, 2.05) is 72.8 Å². The minimum Gasteiger partial charge on any atom is -0.457 e. The maximum absolute atomic E-state index is 6.78. The molecule has 11 aromatic rings. The van der Waals surface area contributed by atoms with E-state index >= 15 is 0 Å². The van der Waals surface area contributed by atoms with Crippen LogP contribution in [0.1, 0.15) is 77.6 Å². The zero-order valence-corrected chi connectivity index (χ0v) is 73.2. The fourth-order valence-electron chi connectivity index (χ4n) is 15.7. The minimum atomic E-state index is 0.439. The molecule has 20 nitrogen and oxygen atoms in total. The van der Waals surface area contributed by atoms with Gasteiger partial charge in [-0.1, -0.05) is 0 Å². The van der Waals surface area contributed by atoms with Gasteiger partial charge in [0.1, 0.15) is 147 Å². The van der Waals surface area contributed by atoms with Gasteiger partial charge in [0, 0.05) is 66.1 Å². The van der Waals surface area contributed by atoms with Crippen LogP contribution in [-0.2, 0) is 26.2 Å². The molecule has 0 spiro atoms. The van der Waals surface area contributed by atoms with Gasteiger partial charge in [-0.25, -0.2) is 29.9 Å². The van der Waals surface area contributed by atoms with Gasteiger partial charge in [-0.2, -0.15) is 0 Å². The quantitative estimate of drug-likeness (QED) is 0.0364. The molecule has 13 rings (SSSR count). The van der Waals surface area contributed by atoms with E-state index in [1.54, 1.807) is 0 Å². The molecule has 3 aromatic heterocycles. The van der Waals surface area contributed by atoms with Crippen molar-refractivity contribution in [2.45, 2.75) is 81.6 Å². The van der Waals surface area contributed by atoms with E-state index in [-0.39, 0.29) is 0 Å². The highest BCUT2D eigenvalue weighted by atomic mass is 16.5. The monoisotopic (exact) mass is 1570 g/mol. The van der Waals surface area contributed by atoms with E-state index in [1.165, 1.54) is 22.3 Å². The van der Waals surface area contributed by atoms with Crippen molar-refractivity contribution in [1.29, 1.82) is 0 Å². The molecule has 0 saturated carbocycles. The summed E-state index contributed by atoms with van der Waals surface area (Å²) in [5.74, 6) is 7.22. The summed E-state index contributed by atoms with van der Waals surface area (Å²) in [6.45, 7) is 39.7. The van der Waals surface area contributed by atoms with Crippen molar-refractivity contribution >= 4 is 44.1 Å². The van der Waals surface area contributed by atoms with Gasteiger partial charge in [0.15, 0.2) is 23.3 Å². The normalized spacial score (nSPS) is 13.0. The SMILES string of the molecule is CC[N+](C)(CC)CC[N+](C)(C)Cc1ccc(Oc2ccc3c(c2)-c2nc-3nc3[nH]c(nc4nc(nc5[nH]c(n2)c2ccc(Oc6ccc(C[N+](C)(C)CC[N+](C)(CC)CC)cc6)cc52)-c2ccc(Oc5ccc(C[N+](C)(C)CC[N+](C)(CC)CC)cc5)cc2-4)c2ccc(Oc4ccc(C[N+](C)(C)CC[N+](C)(CC)CC)cc4)cc32)cc1. The van der Waals surface area contributed by atoms with Crippen LogP contribution < -0.4 is 18.9 Å². The number of nitrogens with one attached hydrogen (secondary N) is 2. The first-order chi connectivity index (χ1) is 55.2. The van der Waals surface area contributed by atoms with E-state index in [4.69, 9.17) is 48.9 Å². The fourth-order valence-corrected chi connectivity index (χ4v) is 15.7. The third-order valence-electron chi connectivity index (χ3n) is 25.9. The number of aromatic amines is 2. The number of hydrogen-bond acceptors (Lipinski definition) is 10. The van der Waals surface area contributed by atoms with Crippen LogP contribution in [0, 0.1) is 0 Å². The molecule has 5 heterocycles. The Balaban J connectivity index is 0.914. The van der Waals surface area contributed by atoms with Crippen molar-refractivity contribution in [1.82, 2.24) is 39.9 Å². The Kier molecular flexibility index (Phi) is 24.8. The second-order valence-electron chi connectivity index (χ2n) is 36.6. The zero-order valence-electron chi connectivity index (χ0n) is 73.2. The lowest BCUT2D eigenvalue weighted by molar-refractivity contribution is -0.959. The second-order valence-corrected chi connectivity index (χ2v) is 36.6. The Morgan fingerprint density at radius 2 is 0.440 bits per heavy atom. The highest BCUT2D eigenvalue weighted by Crippen LogP contribution is 2.43. The molecule has 0 fully saturated rings. The van der Waals surface area contributed by atoms with Crippen molar-refractivity contribution in [3.05, 3.63) is 192 Å². The summed E-state index contributed by atoms with van der Waals surface area (Å²) < 4.78 is 34.9. The van der Waals surface area contributed by atoms with Crippen LogP contribution in [0.3, 0.4) is 0 Å². The molecule has 0 saturated heterocycles. The maximum Gasteiger partial charge on any atom is 0.164 e. The molecule has 2 aliphatic heterocycles. The van der Waals surface area contributed by atoms with Crippen molar-refractivity contribution in [3.63, 3.8) is 0 Å². The van der Waals surface area contributed by atoms with Gasteiger partial charge in [-0.3, -0.25) is 0 Å². The van der Waals surface area contributed by atoms with Gasteiger partial charge >= 0.3 is 0 Å². The molecule has 0 aliphatic carbocycles. The summed E-state index contributed by atoms with van der Waals surface area (Å²) in [5, 5.41) is 3.15. The molecule has 0 unspecified atom stereocenters. The van der Waals surface area contributed by atoms with Gasteiger partial charge in [-0.05, 0) is 225 Å². The summed E-state index contributed by atoms with van der Waals surface area (Å²) >= 11 is 0. The lowest BCUT2D eigenvalue weighted by atomic mass is 10.1. The molecule has 8 bridgehead atoms. The third-order valence-corrected chi connectivity index (χ3v) is 25.9. The molecule has 610 valence electrons. The van der Waals surface area contributed by atoms with Crippen molar-refractivity contribution in [2.75, 3.05) is 189 Å². The Bertz CT molecular complexity index is 5100. The first kappa shape index (κ1) is 83.9. The lowest BCUT2D eigenvalue weighted by Gasteiger charge is -2.37. The number of nitrogens with zero attached hydrogens (tertiary/aromatic N) is 14. The number of likely N-dealkylation sites (N-methyl/N-ethyl adjacent to an activating group) is 8. The minimum absolute atomic E-state index is 0.439. The molecule has 2 aliphatic rings. The Morgan fingerprint density at radius 1 is 0.224 bits per heavy atom. The molecule has 0 atom stereocenters. The van der Waals surface area contributed by atoms with Crippen LogP contribution in [0.4, 0.5) is 0 Å². The second kappa shape index (κ2) is 34.3. The van der Waals surface area contributed by atoms with Crippen LogP contribution in [0.5, 0.6) is 46.0 Å². The van der Waals surface area contributed by atoms with Crippen LogP contribution in [0.25, 0.3) is 89.7 Å². The number of fused-ring (bicyclic) bond motifs is 20. The topological polar surface area (TPSA) is 146 Å². The van der Waals surface area contributed by atoms with E-state index < -0.39 is 0 Å². The number of hydrogen-bond donors (Lipinski definition) is 2. The Labute approximate surface area is 689 Å². The summed E-state index contributed by atoms with van der Waals surface area (Å²) in [6, 6.07) is 58.3. The molecular formula is C96H130N16O4+8. The van der Waals surface area contributed by atoms with Crippen LogP contribution in [-0.4, -0.2) is 265 Å². The molecular weight excluding hydrogens is 1440 g/mol. The van der Waals surface area contributed by atoms with Crippen molar-refractivity contribution in [3.8, 4) is 91.5 Å². The van der Waals surface area contributed by atoms with Gasteiger partial charge in [0.2, 0.25) is 0 Å². The number of quaternary nitrogens is 8. The fraction of sp³-hybridized carbons (Fsp3) is 0.417. The summed E-state index contributed by atoms with van der Waals surface area (Å²) in [6.07, 6.45) is 0. The van der Waals surface area contributed by atoms with E-state index in [0.29, 0.717) is 68.9 Å². The first-order valence-electron chi connectivity index (χ1n) is 42.3. The third kappa shape index (κ3) is 20.2. The summed E-state index contributed by atoms with van der Waals surface area (Å²) in [5.41, 5.74) is 10.2. The van der Waals surface area contributed by atoms with E-state index in [9.17, 15) is 0 Å². The molecule has 116 heavy (non-hydrogen) atoms. The molecule has 0 amide bonds. The Hall–Kier alpha value is -10.0. The highest BCUT2D eigenvalue weighted by Gasteiger charge is 2.31. The van der Waals surface area contributed by atoms with Gasteiger partial charge in [0.25, 0.3) is 0 Å². The number of aromatic nitrogens is 8. The Morgan fingerprint density at radius 3 is 0.690 bits per heavy atom. The van der Waals surface area contributed by atoms with E-state index in [2.05, 4.69) is 247 Å². The molecule has 20 heteroatoms. The standard InChI is InChI=1S/C96H130N16O4/c1-21-109(17,22-2)57-53-105(9,10)65-69-29-37-73(38-30-69)113-77-45-49-81-85(61-77)93-97-89(81)102-94-87-63-79(115-75-41-33-71(34-42-75)67-107(13,14)55-59-111(19,25-5)26-6)47-51-83(87)91(99-94)104-96-88-64-80(116-76-43-35-72(36-44-76)68-108(15,16)56-60-112(20,27-7)28-8)48-52-84(88)92(100-96)103-95-86-62-78(46-50-82(86)90(98-95)101-93)114-74-39-31-70(32-40-74)66-106(11,12)54-58-110(18,23-3)24-4/h29-52,61-64H,21-28,53-60,65-68H2,1-20H3,(H2,97,98,99,100,101,102,103,104)/q+8.